The van der Waals surface area contributed by atoms with E-state index in [9.17, 15) is 15.0 Å². The molecule has 1 heterocycles. The van der Waals surface area contributed by atoms with E-state index in [2.05, 4.69) is 10.3 Å². The van der Waals surface area contributed by atoms with Gasteiger partial charge in [-0.15, -0.1) is 0 Å². The minimum atomic E-state index is -1.07. The predicted molar refractivity (Wildman–Crippen MR) is 80.0 cm³/mol. The lowest BCUT2D eigenvalue weighted by molar-refractivity contribution is 0.0697. The summed E-state index contributed by atoms with van der Waals surface area (Å²) in [6, 6.07) is 5.32. The first-order chi connectivity index (χ1) is 10.0. The first-order valence-electron chi connectivity index (χ1n) is 6.73. The number of aromatic nitrogens is 1. The number of nitrogens with zero attached hydrogens (tertiary/aromatic N) is 1. The van der Waals surface area contributed by atoms with Crippen LogP contribution in [0.15, 0.2) is 24.4 Å². The van der Waals surface area contributed by atoms with E-state index in [1.165, 1.54) is 6.20 Å². The summed E-state index contributed by atoms with van der Waals surface area (Å²) in [5.74, 6) is -0.422. The number of benzene rings is 1. The van der Waals surface area contributed by atoms with E-state index >= 15 is 0 Å². The molecule has 0 aliphatic carbocycles. The van der Waals surface area contributed by atoms with Crippen molar-refractivity contribution in [2.45, 2.75) is 20.0 Å². The van der Waals surface area contributed by atoms with E-state index in [1.807, 2.05) is 6.92 Å². The van der Waals surface area contributed by atoms with Crippen LogP contribution in [-0.2, 0) is 0 Å². The van der Waals surface area contributed by atoms with Gasteiger partial charge in [0.2, 0.25) is 0 Å². The zero-order valence-corrected chi connectivity index (χ0v) is 12.0. The number of carboxylic acids is 1. The molecule has 3 N–H and O–H groups in total. The molecule has 0 bridgehead atoms. The monoisotopic (exact) mass is 290 g/mol. The first kappa shape index (κ1) is 15.1. The van der Waals surface area contributed by atoms with Gasteiger partial charge in [-0.25, -0.2) is 4.79 Å². The summed E-state index contributed by atoms with van der Waals surface area (Å²) in [4.78, 5) is 15.5. The van der Waals surface area contributed by atoms with Gasteiger partial charge in [0, 0.05) is 18.1 Å². The number of hydrogen-bond donors (Lipinski definition) is 3. The van der Waals surface area contributed by atoms with Crippen LogP contribution in [0.4, 0.5) is 5.69 Å². The van der Waals surface area contributed by atoms with Crippen molar-refractivity contribution in [2.75, 3.05) is 18.5 Å². The summed E-state index contributed by atoms with van der Waals surface area (Å²) >= 11 is 0. The minimum Gasteiger partial charge on any atom is -0.494 e. The van der Waals surface area contributed by atoms with E-state index in [0.717, 1.165) is 0 Å². The smallest absolute Gasteiger partial charge is 0.339 e. The Bertz CT molecular complexity index is 655. The molecule has 21 heavy (non-hydrogen) atoms. The second kappa shape index (κ2) is 6.41. The highest BCUT2D eigenvalue weighted by atomic mass is 16.5. The predicted octanol–water partition coefficient (Wildman–Crippen LogP) is 2.12. The normalized spacial score (nSPS) is 12.1. The molecule has 0 radical (unpaired) electrons. The van der Waals surface area contributed by atoms with Crippen LogP contribution in [0.3, 0.4) is 0 Å². The summed E-state index contributed by atoms with van der Waals surface area (Å²) in [5.41, 5.74) is 1.17. The molecule has 0 fully saturated rings. The van der Waals surface area contributed by atoms with Crippen molar-refractivity contribution in [3.63, 3.8) is 0 Å². The van der Waals surface area contributed by atoms with Crippen molar-refractivity contribution in [3.05, 3.63) is 30.0 Å². The molecule has 1 aromatic carbocycles. The standard InChI is InChI=1S/C15H18N2O4/c1-3-21-10-4-5-13-11(6-10)14(17-7-9(2)18)12(8-16-13)15(19)20/h4-6,8-9,18H,3,7H2,1-2H3,(H,16,17)(H,19,20)/t9-/m0/s1. The molecule has 0 aliphatic rings. The van der Waals surface area contributed by atoms with Gasteiger partial charge in [-0.2, -0.15) is 0 Å². The highest BCUT2D eigenvalue weighted by Crippen LogP contribution is 2.29. The Labute approximate surface area is 122 Å². The van der Waals surface area contributed by atoms with Crippen LogP contribution in [0.2, 0.25) is 0 Å². The molecule has 6 nitrogen and oxygen atoms in total. The number of pyridine rings is 1. The van der Waals surface area contributed by atoms with Crippen molar-refractivity contribution < 1.29 is 19.7 Å². The van der Waals surface area contributed by atoms with Gasteiger partial charge < -0.3 is 20.3 Å². The maximum absolute atomic E-state index is 11.3. The van der Waals surface area contributed by atoms with Crippen LogP contribution >= 0.6 is 0 Å². The van der Waals surface area contributed by atoms with E-state index < -0.39 is 12.1 Å². The third-order valence-corrected chi connectivity index (χ3v) is 2.96. The van der Waals surface area contributed by atoms with E-state index in [4.69, 9.17) is 4.74 Å². The zero-order chi connectivity index (χ0) is 15.4. The lowest BCUT2D eigenvalue weighted by Crippen LogP contribution is -2.17. The van der Waals surface area contributed by atoms with E-state index in [-0.39, 0.29) is 12.1 Å². The third-order valence-electron chi connectivity index (χ3n) is 2.96. The van der Waals surface area contributed by atoms with E-state index in [0.29, 0.717) is 28.9 Å². The van der Waals surface area contributed by atoms with Gasteiger partial charge in [0.05, 0.1) is 23.9 Å². The molecule has 0 aliphatic heterocycles. The van der Waals surface area contributed by atoms with Crippen molar-refractivity contribution in [1.29, 1.82) is 0 Å². The third kappa shape index (κ3) is 3.41. The first-order valence-corrected chi connectivity index (χ1v) is 6.73. The quantitative estimate of drug-likeness (QED) is 0.755. The Morgan fingerprint density at radius 2 is 2.24 bits per heavy atom. The fourth-order valence-corrected chi connectivity index (χ4v) is 2.03. The SMILES string of the molecule is CCOc1ccc2ncc(C(=O)O)c(NC[C@H](C)O)c2c1. The van der Waals surface area contributed by atoms with Crippen molar-refractivity contribution in [2.24, 2.45) is 0 Å². The van der Waals surface area contributed by atoms with Crippen LogP contribution in [-0.4, -0.2) is 40.4 Å². The van der Waals surface area contributed by atoms with Crippen molar-refractivity contribution >= 4 is 22.6 Å². The van der Waals surface area contributed by atoms with Gasteiger partial charge in [-0.3, -0.25) is 4.98 Å². The molecular formula is C15H18N2O4. The number of carboxylic acid groups (broad SMARTS) is 1. The number of carbonyl (C=O) groups is 1. The second-order valence-corrected chi connectivity index (χ2v) is 4.69. The van der Waals surface area contributed by atoms with Crippen LogP contribution in [0.25, 0.3) is 10.9 Å². The molecule has 1 aromatic heterocycles. The maximum atomic E-state index is 11.3. The van der Waals surface area contributed by atoms with Gasteiger partial charge in [0.25, 0.3) is 0 Å². The number of anilines is 1. The Morgan fingerprint density at radius 3 is 2.86 bits per heavy atom. The molecule has 1 atom stereocenters. The van der Waals surface area contributed by atoms with Gasteiger partial charge in [-0.05, 0) is 32.0 Å². The summed E-state index contributed by atoms with van der Waals surface area (Å²) in [7, 11) is 0. The number of hydrogen-bond acceptors (Lipinski definition) is 5. The highest BCUT2D eigenvalue weighted by molar-refractivity contribution is 6.04. The number of aromatic carboxylic acids is 1. The van der Waals surface area contributed by atoms with Crippen molar-refractivity contribution in [1.82, 2.24) is 4.98 Å². The average molecular weight is 290 g/mol. The number of aliphatic hydroxyl groups is 1. The molecular weight excluding hydrogens is 272 g/mol. The Hall–Kier alpha value is -2.34. The lowest BCUT2D eigenvalue weighted by atomic mass is 10.1. The van der Waals surface area contributed by atoms with Gasteiger partial charge >= 0.3 is 5.97 Å². The summed E-state index contributed by atoms with van der Waals surface area (Å²) in [6.07, 6.45) is 0.722. The lowest BCUT2D eigenvalue weighted by Gasteiger charge is -2.14. The number of aliphatic hydroxyl groups excluding tert-OH is 1. The molecule has 2 aromatic rings. The molecule has 0 amide bonds. The topological polar surface area (TPSA) is 91.7 Å². The zero-order valence-electron chi connectivity index (χ0n) is 12.0. The van der Waals surface area contributed by atoms with Crippen molar-refractivity contribution in [3.8, 4) is 5.75 Å². The molecule has 0 saturated carbocycles. The molecule has 0 saturated heterocycles. The van der Waals surface area contributed by atoms with E-state index in [1.54, 1.807) is 25.1 Å². The number of rotatable bonds is 6. The van der Waals surface area contributed by atoms with Crippen LogP contribution in [0, 0.1) is 0 Å². The summed E-state index contributed by atoms with van der Waals surface area (Å²) in [6.45, 7) is 4.28. The Balaban J connectivity index is 2.57. The fraction of sp³-hybridized carbons (Fsp3) is 0.333. The van der Waals surface area contributed by atoms with Crippen LogP contribution in [0.1, 0.15) is 24.2 Å². The number of fused-ring (bicyclic) bond motifs is 1. The van der Waals surface area contributed by atoms with Crippen LogP contribution in [0.5, 0.6) is 5.75 Å². The fourth-order valence-electron chi connectivity index (χ4n) is 2.03. The van der Waals surface area contributed by atoms with Gasteiger partial charge in [0.15, 0.2) is 0 Å². The Morgan fingerprint density at radius 1 is 1.48 bits per heavy atom. The van der Waals surface area contributed by atoms with Gasteiger partial charge in [-0.1, -0.05) is 0 Å². The number of ether oxygens (including phenoxy) is 1. The maximum Gasteiger partial charge on any atom is 0.339 e. The molecule has 112 valence electrons. The largest absolute Gasteiger partial charge is 0.494 e. The van der Waals surface area contributed by atoms with Crippen LogP contribution < -0.4 is 10.1 Å². The minimum absolute atomic E-state index is 0.0665. The number of nitrogens with one attached hydrogen (secondary N) is 1. The summed E-state index contributed by atoms with van der Waals surface area (Å²) in [5, 5.41) is 22.3. The second-order valence-electron chi connectivity index (χ2n) is 4.69. The Kier molecular flexibility index (Phi) is 4.59. The highest BCUT2D eigenvalue weighted by Gasteiger charge is 2.15. The average Bonchev–Trinajstić information content (AvgIpc) is 2.44. The molecule has 0 unspecified atom stereocenters. The molecule has 2 rings (SSSR count). The molecule has 0 spiro atoms. The molecule has 6 heteroatoms. The van der Waals surface area contributed by atoms with Gasteiger partial charge in [0.1, 0.15) is 11.3 Å². The summed E-state index contributed by atoms with van der Waals surface area (Å²) < 4.78 is 5.44.